The Morgan fingerprint density at radius 3 is 2.81 bits per heavy atom. The van der Waals surface area contributed by atoms with Gasteiger partial charge in [-0.3, -0.25) is 9.69 Å². The molecule has 21 heavy (non-hydrogen) atoms. The van der Waals surface area contributed by atoms with Crippen LogP contribution in [0, 0.1) is 5.92 Å². The van der Waals surface area contributed by atoms with E-state index in [0.29, 0.717) is 17.1 Å². The minimum Gasteiger partial charge on any atom is -0.548 e. The molecule has 1 aliphatic heterocycles. The lowest BCUT2D eigenvalue weighted by molar-refractivity contribution is -0.310. The summed E-state index contributed by atoms with van der Waals surface area (Å²) in [7, 11) is 0. The van der Waals surface area contributed by atoms with Crippen molar-refractivity contribution < 1.29 is 19.1 Å². The molecule has 0 radical (unpaired) electrons. The molecule has 0 aromatic carbocycles. The molecule has 0 spiro atoms. The van der Waals surface area contributed by atoms with Crippen molar-refractivity contribution in [2.45, 2.75) is 26.3 Å². The fraction of sp³-hybridized carbons (Fsp3) is 0.357. The molecule has 0 saturated carbocycles. The van der Waals surface area contributed by atoms with Crippen molar-refractivity contribution in [1.82, 2.24) is 4.90 Å². The Hall–Kier alpha value is -1.60. The molecule has 1 aromatic rings. The van der Waals surface area contributed by atoms with E-state index in [-0.39, 0.29) is 10.2 Å². The number of carboxylic acid groups (broad SMARTS) is 1. The number of carboxylic acids is 1. The molecule has 1 aromatic heterocycles. The highest BCUT2D eigenvalue weighted by atomic mass is 32.2. The lowest BCUT2D eigenvalue weighted by Crippen LogP contribution is -2.50. The molecular weight excluding hydrogens is 310 g/mol. The third-order valence-electron chi connectivity index (χ3n) is 2.92. The fourth-order valence-corrected chi connectivity index (χ4v) is 3.34. The highest BCUT2D eigenvalue weighted by Gasteiger charge is 2.38. The van der Waals surface area contributed by atoms with Gasteiger partial charge in [-0.1, -0.05) is 37.8 Å². The molecular formula is C14H14NO4S2-. The highest BCUT2D eigenvalue weighted by Crippen LogP contribution is 2.35. The number of amides is 1. The molecule has 0 bridgehead atoms. The number of carbonyl (C=O) groups is 2. The number of furan rings is 1. The average Bonchev–Trinajstić information content (AvgIpc) is 2.97. The monoisotopic (exact) mass is 324 g/mol. The van der Waals surface area contributed by atoms with Gasteiger partial charge in [0.2, 0.25) is 0 Å². The quantitative estimate of drug-likeness (QED) is 0.605. The number of rotatable bonds is 5. The van der Waals surface area contributed by atoms with Gasteiger partial charge in [0.05, 0.1) is 23.2 Å². The standard InChI is InChI=1S/C14H15NO4S2/c1-8(2)6-10(13(17)18)15-12(16)11(21-14(15)20)7-9-4-3-5-19-9/h3-5,7-8,10H,6H2,1-2H3,(H,17,18)/p-1/t10-/m0/s1. The Morgan fingerprint density at radius 2 is 2.29 bits per heavy atom. The molecule has 0 unspecified atom stereocenters. The first-order valence-electron chi connectivity index (χ1n) is 6.41. The Morgan fingerprint density at radius 1 is 1.57 bits per heavy atom. The SMILES string of the molecule is CC(C)C[C@@H](C(=O)[O-])N1C(=O)C(=Cc2ccco2)SC1=S. The molecule has 2 rings (SSSR count). The van der Waals surface area contributed by atoms with E-state index in [9.17, 15) is 14.7 Å². The molecule has 7 heteroatoms. The van der Waals surface area contributed by atoms with Crippen LogP contribution in [-0.4, -0.2) is 27.1 Å². The van der Waals surface area contributed by atoms with E-state index < -0.39 is 17.9 Å². The number of hydrogen-bond acceptors (Lipinski definition) is 6. The lowest BCUT2D eigenvalue weighted by Gasteiger charge is -2.28. The maximum atomic E-state index is 12.4. The molecule has 1 aliphatic rings. The first-order valence-corrected chi connectivity index (χ1v) is 7.64. The number of aliphatic carboxylic acids is 1. The van der Waals surface area contributed by atoms with Crippen molar-refractivity contribution in [1.29, 1.82) is 0 Å². The summed E-state index contributed by atoms with van der Waals surface area (Å²) in [5, 5.41) is 11.3. The number of hydrogen-bond donors (Lipinski definition) is 0. The molecule has 1 amide bonds. The van der Waals surface area contributed by atoms with Crippen molar-refractivity contribution >= 4 is 46.3 Å². The summed E-state index contributed by atoms with van der Waals surface area (Å²) in [6.07, 6.45) is 3.35. The van der Waals surface area contributed by atoms with Gasteiger partial charge in [0.25, 0.3) is 5.91 Å². The second-order valence-electron chi connectivity index (χ2n) is 5.03. The van der Waals surface area contributed by atoms with E-state index in [2.05, 4.69) is 0 Å². The van der Waals surface area contributed by atoms with Crippen molar-refractivity contribution in [3.05, 3.63) is 29.1 Å². The topological polar surface area (TPSA) is 73.6 Å². The molecule has 1 saturated heterocycles. The van der Waals surface area contributed by atoms with Gasteiger partial charge in [0, 0.05) is 6.08 Å². The summed E-state index contributed by atoms with van der Waals surface area (Å²) in [6, 6.07) is 2.37. The van der Waals surface area contributed by atoms with Crippen molar-refractivity contribution in [2.75, 3.05) is 0 Å². The summed E-state index contributed by atoms with van der Waals surface area (Å²) in [5.74, 6) is -1.09. The molecule has 5 nitrogen and oxygen atoms in total. The van der Waals surface area contributed by atoms with E-state index in [1.165, 1.54) is 6.26 Å². The van der Waals surface area contributed by atoms with Crippen LogP contribution in [0.4, 0.5) is 0 Å². The van der Waals surface area contributed by atoms with E-state index in [1.807, 2.05) is 13.8 Å². The minimum absolute atomic E-state index is 0.103. The van der Waals surface area contributed by atoms with E-state index in [4.69, 9.17) is 16.6 Å². The van der Waals surface area contributed by atoms with Gasteiger partial charge in [0.15, 0.2) is 0 Å². The molecule has 1 atom stereocenters. The van der Waals surface area contributed by atoms with Crippen LogP contribution >= 0.6 is 24.0 Å². The number of thioether (sulfide) groups is 1. The van der Waals surface area contributed by atoms with Gasteiger partial charge in [0.1, 0.15) is 10.1 Å². The zero-order valence-electron chi connectivity index (χ0n) is 11.6. The summed E-state index contributed by atoms with van der Waals surface area (Å²) in [5.41, 5.74) is 0. The molecule has 2 heterocycles. The smallest absolute Gasteiger partial charge is 0.266 e. The Kier molecular flexibility index (Phi) is 4.84. The zero-order chi connectivity index (χ0) is 15.6. The predicted molar refractivity (Wildman–Crippen MR) is 82.0 cm³/mol. The molecule has 112 valence electrons. The van der Waals surface area contributed by atoms with Crippen LogP contribution in [-0.2, 0) is 9.59 Å². The summed E-state index contributed by atoms with van der Waals surface area (Å²) in [4.78, 5) is 25.2. The summed E-state index contributed by atoms with van der Waals surface area (Å²) >= 11 is 6.21. The van der Waals surface area contributed by atoms with Gasteiger partial charge in [-0.05, 0) is 24.5 Å². The van der Waals surface area contributed by atoms with Crippen LogP contribution < -0.4 is 5.11 Å². The largest absolute Gasteiger partial charge is 0.548 e. The summed E-state index contributed by atoms with van der Waals surface area (Å²) < 4.78 is 5.38. The van der Waals surface area contributed by atoms with Crippen molar-refractivity contribution in [2.24, 2.45) is 5.92 Å². The highest BCUT2D eigenvalue weighted by molar-refractivity contribution is 8.26. The van der Waals surface area contributed by atoms with Gasteiger partial charge >= 0.3 is 0 Å². The maximum absolute atomic E-state index is 12.4. The van der Waals surface area contributed by atoms with Gasteiger partial charge < -0.3 is 14.3 Å². The van der Waals surface area contributed by atoms with Crippen molar-refractivity contribution in [3.8, 4) is 0 Å². The third-order valence-corrected chi connectivity index (χ3v) is 4.25. The number of nitrogens with zero attached hydrogens (tertiary/aromatic N) is 1. The normalized spacial score (nSPS) is 18.8. The van der Waals surface area contributed by atoms with E-state index in [0.717, 1.165) is 16.7 Å². The Labute approximate surface area is 132 Å². The molecule has 0 aliphatic carbocycles. The molecule has 0 N–H and O–H groups in total. The average molecular weight is 324 g/mol. The first-order chi connectivity index (χ1) is 9.90. The van der Waals surface area contributed by atoms with Gasteiger partial charge in [-0.15, -0.1) is 0 Å². The minimum atomic E-state index is -1.29. The van der Waals surface area contributed by atoms with Crippen LogP contribution in [0.5, 0.6) is 0 Å². The molecule has 1 fully saturated rings. The first kappa shape index (κ1) is 15.8. The van der Waals surface area contributed by atoms with Crippen LogP contribution in [0.3, 0.4) is 0 Å². The van der Waals surface area contributed by atoms with E-state index in [1.54, 1.807) is 18.2 Å². The summed E-state index contributed by atoms with van der Waals surface area (Å²) in [6.45, 7) is 3.76. The second kappa shape index (κ2) is 6.44. The number of carbonyl (C=O) groups excluding carboxylic acids is 2. The van der Waals surface area contributed by atoms with Crippen LogP contribution in [0.15, 0.2) is 27.7 Å². The van der Waals surface area contributed by atoms with Gasteiger partial charge in [-0.25, -0.2) is 0 Å². The Bertz CT molecular complexity index is 592. The van der Waals surface area contributed by atoms with Crippen LogP contribution in [0.25, 0.3) is 6.08 Å². The second-order valence-corrected chi connectivity index (χ2v) is 6.71. The predicted octanol–water partition coefficient (Wildman–Crippen LogP) is 1.65. The van der Waals surface area contributed by atoms with Gasteiger partial charge in [-0.2, -0.15) is 0 Å². The zero-order valence-corrected chi connectivity index (χ0v) is 13.2. The van der Waals surface area contributed by atoms with E-state index >= 15 is 0 Å². The van der Waals surface area contributed by atoms with Crippen molar-refractivity contribution in [3.63, 3.8) is 0 Å². The fourth-order valence-electron chi connectivity index (χ4n) is 2.00. The number of thiocarbonyl (C=S) groups is 1. The van der Waals surface area contributed by atoms with Crippen LogP contribution in [0.1, 0.15) is 26.0 Å². The Balaban J connectivity index is 2.27. The van der Waals surface area contributed by atoms with Crippen LogP contribution in [0.2, 0.25) is 0 Å². The lowest BCUT2D eigenvalue weighted by atomic mass is 10.0. The third kappa shape index (κ3) is 3.54. The maximum Gasteiger partial charge on any atom is 0.266 e.